The number of nitrogens with two attached hydrogens (primary N) is 1. The molecule has 2 heterocycles. The van der Waals surface area contributed by atoms with Crippen molar-refractivity contribution < 1.29 is 4.74 Å². The largest absolute Gasteiger partial charge is 0.389 e. The number of pyridine rings is 1. The van der Waals surface area contributed by atoms with Crippen LogP contribution in [0.1, 0.15) is 5.56 Å². The van der Waals surface area contributed by atoms with E-state index in [-0.39, 0.29) is 0 Å². The molecule has 2 aromatic rings. The molecule has 1 aliphatic heterocycles. The highest BCUT2D eigenvalue weighted by Gasteiger charge is 2.13. The molecule has 3 N–H and O–H groups in total. The van der Waals surface area contributed by atoms with Crippen molar-refractivity contribution in [2.75, 3.05) is 31.7 Å². The number of para-hydroxylation sites is 1. The summed E-state index contributed by atoms with van der Waals surface area (Å²) in [4.78, 5) is 4.99. The van der Waals surface area contributed by atoms with Crippen LogP contribution in [0, 0.1) is 0 Å². The quantitative estimate of drug-likeness (QED) is 0.835. The molecule has 1 aromatic heterocycles. The lowest BCUT2D eigenvalue weighted by molar-refractivity contribution is 0.0495. The Morgan fingerprint density at radius 1 is 1.30 bits per heavy atom. The smallest absolute Gasteiger partial charge is 0.141 e. The van der Waals surface area contributed by atoms with E-state index in [4.69, 9.17) is 22.7 Å². The van der Waals surface area contributed by atoms with Crippen LogP contribution < -0.4 is 11.2 Å². The molecule has 20 heavy (non-hydrogen) atoms. The molecule has 1 aliphatic rings. The van der Waals surface area contributed by atoms with Crippen LogP contribution in [0.5, 0.6) is 0 Å². The van der Waals surface area contributed by atoms with Gasteiger partial charge >= 0.3 is 0 Å². The van der Waals surface area contributed by atoms with Crippen molar-refractivity contribution in [3.63, 3.8) is 0 Å². The Labute approximate surface area is 122 Å². The van der Waals surface area contributed by atoms with Gasteiger partial charge in [-0.25, -0.2) is 9.99 Å². The molecule has 0 spiro atoms. The van der Waals surface area contributed by atoms with Crippen LogP contribution in [-0.4, -0.2) is 41.3 Å². The average Bonchev–Trinajstić information content (AvgIpc) is 2.47. The molecule has 0 radical (unpaired) electrons. The van der Waals surface area contributed by atoms with E-state index in [1.807, 2.05) is 30.3 Å². The maximum absolute atomic E-state index is 5.82. The monoisotopic (exact) mass is 288 g/mol. The van der Waals surface area contributed by atoms with Gasteiger partial charge in [0.15, 0.2) is 0 Å². The molecule has 1 fully saturated rings. The van der Waals surface area contributed by atoms with E-state index in [0.29, 0.717) is 4.99 Å². The Balaban J connectivity index is 1.96. The fourth-order valence-electron chi connectivity index (χ4n) is 2.27. The highest BCUT2D eigenvalue weighted by Crippen LogP contribution is 2.21. The maximum atomic E-state index is 5.82. The summed E-state index contributed by atoms with van der Waals surface area (Å²) in [6.45, 7) is 3.11. The lowest BCUT2D eigenvalue weighted by atomic mass is 10.1. The fourth-order valence-corrected chi connectivity index (χ4v) is 2.44. The third kappa shape index (κ3) is 2.72. The Bertz CT molecular complexity index is 640. The van der Waals surface area contributed by atoms with E-state index in [9.17, 15) is 0 Å². The summed E-state index contributed by atoms with van der Waals surface area (Å²) in [6.07, 6.45) is 0. The Kier molecular flexibility index (Phi) is 3.77. The highest BCUT2D eigenvalue weighted by atomic mass is 32.1. The van der Waals surface area contributed by atoms with Crippen molar-refractivity contribution in [3.05, 3.63) is 35.9 Å². The predicted molar refractivity (Wildman–Crippen MR) is 83.6 cm³/mol. The fraction of sp³-hybridized carbons (Fsp3) is 0.286. The van der Waals surface area contributed by atoms with Gasteiger partial charge in [-0.1, -0.05) is 30.4 Å². The zero-order valence-corrected chi connectivity index (χ0v) is 11.8. The summed E-state index contributed by atoms with van der Waals surface area (Å²) in [7, 11) is 0. The van der Waals surface area contributed by atoms with E-state index in [1.165, 1.54) is 0 Å². The minimum atomic E-state index is 0.383. The van der Waals surface area contributed by atoms with Crippen LogP contribution in [0.25, 0.3) is 10.9 Å². The van der Waals surface area contributed by atoms with Crippen molar-refractivity contribution in [1.82, 2.24) is 9.99 Å². The number of nitrogens with one attached hydrogen (secondary N) is 1. The van der Waals surface area contributed by atoms with Crippen molar-refractivity contribution in [2.24, 2.45) is 5.73 Å². The number of aromatic nitrogens is 1. The van der Waals surface area contributed by atoms with Crippen molar-refractivity contribution in [3.8, 4) is 0 Å². The van der Waals surface area contributed by atoms with Gasteiger partial charge < -0.3 is 15.9 Å². The summed E-state index contributed by atoms with van der Waals surface area (Å²) < 4.78 is 5.33. The van der Waals surface area contributed by atoms with Gasteiger partial charge in [-0.2, -0.15) is 0 Å². The first kappa shape index (κ1) is 13.2. The molecule has 0 atom stereocenters. The molecule has 0 saturated carbocycles. The Morgan fingerprint density at radius 2 is 2.05 bits per heavy atom. The molecule has 0 bridgehead atoms. The zero-order valence-electron chi connectivity index (χ0n) is 11.0. The molecule has 1 saturated heterocycles. The standard InChI is InChI=1S/C14H16N4OS/c15-14(20)11-9-13(17-18-5-7-19-8-6-18)16-12-4-2-1-3-10(11)12/h1-4,9H,5-8H2,(H2,15,20)(H,16,17). The molecule has 1 aromatic carbocycles. The van der Waals surface area contributed by atoms with Gasteiger partial charge in [0.05, 0.1) is 18.7 Å². The van der Waals surface area contributed by atoms with E-state index < -0.39 is 0 Å². The van der Waals surface area contributed by atoms with Crippen LogP contribution in [0.15, 0.2) is 30.3 Å². The molecular formula is C14H16N4OS. The van der Waals surface area contributed by atoms with Gasteiger partial charge in [-0.15, -0.1) is 0 Å². The number of rotatable bonds is 3. The molecule has 5 nitrogen and oxygen atoms in total. The average molecular weight is 288 g/mol. The summed E-state index contributed by atoms with van der Waals surface area (Å²) in [5, 5.41) is 3.07. The van der Waals surface area contributed by atoms with Crippen LogP contribution in [0.2, 0.25) is 0 Å². The van der Waals surface area contributed by atoms with E-state index in [2.05, 4.69) is 15.4 Å². The number of thiocarbonyl (C=S) groups is 1. The van der Waals surface area contributed by atoms with Gasteiger partial charge in [0, 0.05) is 24.0 Å². The molecule has 6 heteroatoms. The summed E-state index contributed by atoms with van der Waals surface area (Å²) in [5.74, 6) is 0.758. The molecule has 3 rings (SSSR count). The first-order chi connectivity index (χ1) is 9.74. The van der Waals surface area contributed by atoms with Crippen molar-refractivity contribution in [1.29, 1.82) is 0 Å². The summed E-state index contributed by atoms with van der Waals surface area (Å²) >= 11 is 5.14. The van der Waals surface area contributed by atoms with Gasteiger partial charge in [0.1, 0.15) is 10.8 Å². The maximum Gasteiger partial charge on any atom is 0.141 e. The lowest BCUT2D eigenvalue weighted by Gasteiger charge is -2.27. The SMILES string of the molecule is NC(=S)c1cc(NN2CCOCC2)nc2ccccc12. The predicted octanol–water partition coefficient (Wildman–Crippen LogP) is 1.53. The number of benzene rings is 1. The van der Waals surface area contributed by atoms with E-state index >= 15 is 0 Å². The van der Waals surface area contributed by atoms with Crippen LogP contribution in [0.3, 0.4) is 0 Å². The molecule has 0 amide bonds. The number of fused-ring (bicyclic) bond motifs is 1. The van der Waals surface area contributed by atoms with Gasteiger partial charge in [0.2, 0.25) is 0 Å². The van der Waals surface area contributed by atoms with Gasteiger partial charge in [0.25, 0.3) is 0 Å². The van der Waals surface area contributed by atoms with Crippen molar-refractivity contribution in [2.45, 2.75) is 0 Å². The van der Waals surface area contributed by atoms with Gasteiger partial charge in [-0.05, 0) is 12.1 Å². The van der Waals surface area contributed by atoms with Crippen molar-refractivity contribution >= 4 is 33.9 Å². The number of morpholine rings is 1. The number of hydrazine groups is 1. The number of hydrogen-bond acceptors (Lipinski definition) is 5. The molecular weight excluding hydrogens is 272 g/mol. The Hall–Kier alpha value is -1.76. The number of hydrogen-bond donors (Lipinski definition) is 2. The van der Waals surface area contributed by atoms with Crippen LogP contribution in [0.4, 0.5) is 5.82 Å². The minimum Gasteiger partial charge on any atom is -0.389 e. The lowest BCUT2D eigenvalue weighted by Crippen LogP contribution is -2.40. The third-order valence-electron chi connectivity index (χ3n) is 3.27. The van der Waals surface area contributed by atoms with Gasteiger partial charge in [-0.3, -0.25) is 0 Å². The summed E-state index contributed by atoms with van der Waals surface area (Å²) in [5.41, 5.74) is 10.9. The first-order valence-electron chi connectivity index (χ1n) is 6.53. The molecule has 104 valence electrons. The second-order valence-corrected chi connectivity index (χ2v) is 5.09. The van der Waals surface area contributed by atoms with Crippen LogP contribution in [-0.2, 0) is 4.74 Å². The zero-order chi connectivity index (χ0) is 13.9. The third-order valence-corrected chi connectivity index (χ3v) is 3.49. The first-order valence-corrected chi connectivity index (χ1v) is 6.94. The Morgan fingerprint density at radius 3 is 2.80 bits per heavy atom. The number of anilines is 1. The van der Waals surface area contributed by atoms with Crippen LogP contribution >= 0.6 is 12.2 Å². The van der Waals surface area contributed by atoms with E-state index in [1.54, 1.807) is 0 Å². The van der Waals surface area contributed by atoms with E-state index in [0.717, 1.165) is 48.6 Å². The second-order valence-electron chi connectivity index (χ2n) is 4.65. The molecule has 0 aliphatic carbocycles. The highest BCUT2D eigenvalue weighted by molar-refractivity contribution is 7.80. The normalized spacial score (nSPS) is 16.2. The second kappa shape index (κ2) is 5.70. The number of nitrogens with zero attached hydrogens (tertiary/aromatic N) is 2. The summed E-state index contributed by atoms with van der Waals surface area (Å²) in [6, 6.07) is 9.76. The minimum absolute atomic E-state index is 0.383. The topological polar surface area (TPSA) is 63.4 Å². The molecule has 0 unspecified atom stereocenters. The number of ether oxygens (including phenoxy) is 1.